The van der Waals surface area contributed by atoms with Crippen molar-refractivity contribution in [3.63, 3.8) is 0 Å². The fraction of sp³-hybridized carbons (Fsp3) is 0.462. The first kappa shape index (κ1) is 12.8. The molecular weight excluding hydrogens is 208 g/mol. The van der Waals surface area contributed by atoms with Crippen LogP contribution in [-0.2, 0) is 5.92 Å². The van der Waals surface area contributed by atoms with E-state index < -0.39 is 5.92 Å². The topological polar surface area (TPSA) is 12.4 Å². The Morgan fingerprint density at radius 1 is 1.38 bits per heavy atom. The highest BCUT2D eigenvalue weighted by atomic mass is 19.3. The molecule has 88 valence electrons. The van der Waals surface area contributed by atoms with Crippen LogP contribution in [0.3, 0.4) is 0 Å². The summed E-state index contributed by atoms with van der Waals surface area (Å²) in [6.45, 7) is 6.67. The minimum atomic E-state index is -2.81. The van der Waals surface area contributed by atoms with Gasteiger partial charge in [0.2, 0.25) is 0 Å². The van der Waals surface area contributed by atoms with E-state index in [9.17, 15) is 8.78 Å². The van der Waals surface area contributed by atoms with Crippen LogP contribution in [0.15, 0.2) is 23.2 Å². The molecule has 0 radical (unpaired) electrons. The summed E-state index contributed by atoms with van der Waals surface area (Å²) >= 11 is 0. The number of aryl methyl sites for hydroxylation is 1. The Kier molecular flexibility index (Phi) is 3.79. The summed E-state index contributed by atoms with van der Waals surface area (Å²) in [6.07, 6.45) is 0.826. The van der Waals surface area contributed by atoms with E-state index in [-0.39, 0.29) is 5.56 Å². The van der Waals surface area contributed by atoms with E-state index in [1.165, 1.54) is 12.1 Å². The summed E-state index contributed by atoms with van der Waals surface area (Å²) in [7, 11) is 0. The number of rotatable bonds is 3. The molecule has 1 aromatic carbocycles. The average molecular weight is 225 g/mol. The Hall–Kier alpha value is -1.25. The lowest BCUT2D eigenvalue weighted by Gasteiger charge is -2.12. The molecule has 0 aromatic heterocycles. The lowest BCUT2D eigenvalue weighted by molar-refractivity contribution is 0.0175. The van der Waals surface area contributed by atoms with Crippen LogP contribution >= 0.6 is 0 Å². The van der Waals surface area contributed by atoms with Crippen molar-refractivity contribution in [3.8, 4) is 0 Å². The van der Waals surface area contributed by atoms with E-state index in [2.05, 4.69) is 4.99 Å². The van der Waals surface area contributed by atoms with Gasteiger partial charge in [0, 0.05) is 18.2 Å². The number of benzene rings is 1. The number of nitrogens with zero attached hydrogens (tertiary/aromatic N) is 1. The van der Waals surface area contributed by atoms with E-state index in [0.717, 1.165) is 24.6 Å². The predicted molar refractivity (Wildman–Crippen MR) is 63.8 cm³/mol. The highest BCUT2D eigenvalue weighted by Crippen LogP contribution is 2.31. The third-order valence-corrected chi connectivity index (χ3v) is 2.54. The van der Waals surface area contributed by atoms with Crippen LogP contribution in [0.4, 0.5) is 14.5 Å². The number of aliphatic imine (C=N–C) groups is 1. The van der Waals surface area contributed by atoms with Crippen LogP contribution in [0.5, 0.6) is 0 Å². The van der Waals surface area contributed by atoms with Crippen molar-refractivity contribution in [2.45, 2.75) is 40.0 Å². The zero-order valence-electron chi connectivity index (χ0n) is 10.1. The van der Waals surface area contributed by atoms with Gasteiger partial charge in [-0.25, -0.2) is 8.78 Å². The quantitative estimate of drug-likeness (QED) is 0.666. The third kappa shape index (κ3) is 3.12. The summed E-state index contributed by atoms with van der Waals surface area (Å²) in [5.74, 6) is -2.81. The molecule has 0 aliphatic carbocycles. The van der Waals surface area contributed by atoms with Gasteiger partial charge < -0.3 is 0 Å². The summed E-state index contributed by atoms with van der Waals surface area (Å²) in [5.41, 5.74) is 2.51. The van der Waals surface area contributed by atoms with Crippen molar-refractivity contribution in [3.05, 3.63) is 29.3 Å². The predicted octanol–water partition coefficient (Wildman–Crippen LogP) is 4.61. The van der Waals surface area contributed by atoms with Gasteiger partial charge in [0.1, 0.15) is 0 Å². The van der Waals surface area contributed by atoms with Crippen LogP contribution in [-0.4, -0.2) is 5.71 Å². The minimum absolute atomic E-state index is 0.0146. The van der Waals surface area contributed by atoms with Crippen molar-refractivity contribution in [2.75, 3.05) is 0 Å². The van der Waals surface area contributed by atoms with Gasteiger partial charge in [0.15, 0.2) is 0 Å². The Morgan fingerprint density at radius 2 is 2.00 bits per heavy atom. The first-order valence-corrected chi connectivity index (χ1v) is 5.37. The molecule has 0 atom stereocenters. The average Bonchev–Trinajstić information content (AvgIpc) is 2.19. The van der Waals surface area contributed by atoms with Crippen molar-refractivity contribution in [1.29, 1.82) is 0 Å². The Labute approximate surface area is 95.2 Å². The summed E-state index contributed by atoms with van der Waals surface area (Å²) < 4.78 is 26.3. The van der Waals surface area contributed by atoms with E-state index in [0.29, 0.717) is 5.69 Å². The van der Waals surface area contributed by atoms with Crippen LogP contribution in [0, 0.1) is 6.92 Å². The fourth-order valence-corrected chi connectivity index (χ4v) is 1.29. The Morgan fingerprint density at radius 3 is 2.50 bits per heavy atom. The zero-order chi connectivity index (χ0) is 12.3. The number of alkyl halides is 2. The molecule has 0 heterocycles. The van der Waals surface area contributed by atoms with Crippen LogP contribution in [0.1, 0.15) is 38.3 Å². The molecule has 16 heavy (non-hydrogen) atoms. The largest absolute Gasteiger partial charge is 0.270 e. The van der Waals surface area contributed by atoms with Gasteiger partial charge in [-0.05, 0) is 31.9 Å². The van der Waals surface area contributed by atoms with Crippen molar-refractivity contribution in [2.24, 2.45) is 4.99 Å². The standard InChI is InChI=1S/C13H17F2N/c1-5-10(3)16-12-8-11(13(4,14)15)7-6-9(12)2/h6-8H,5H2,1-4H3/b16-10+. The first-order chi connectivity index (χ1) is 7.34. The molecule has 0 aliphatic heterocycles. The van der Waals surface area contributed by atoms with Crippen molar-refractivity contribution < 1.29 is 8.78 Å². The highest BCUT2D eigenvalue weighted by Gasteiger charge is 2.24. The molecule has 0 bridgehead atoms. The van der Waals surface area contributed by atoms with Gasteiger partial charge in [-0.3, -0.25) is 4.99 Å². The second kappa shape index (κ2) is 4.73. The van der Waals surface area contributed by atoms with Gasteiger partial charge in [-0.1, -0.05) is 19.1 Å². The lowest BCUT2D eigenvalue weighted by atomic mass is 10.1. The second-order valence-electron chi connectivity index (χ2n) is 4.09. The highest BCUT2D eigenvalue weighted by molar-refractivity contribution is 5.84. The molecule has 1 aromatic rings. The van der Waals surface area contributed by atoms with Crippen molar-refractivity contribution >= 4 is 11.4 Å². The molecule has 0 N–H and O–H groups in total. The maximum atomic E-state index is 13.1. The zero-order valence-corrected chi connectivity index (χ0v) is 10.1. The van der Waals surface area contributed by atoms with Crippen LogP contribution < -0.4 is 0 Å². The third-order valence-electron chi connectivity index (χ3n) is 2.54. The Balaban J connectivity index is 3.19. The van der Waals surface area contributed by atoms with Crippen molar-refractivity contribution in [1.82, 2.24) is 0 Å². The van der Waals surface area contributed by atoms with Gasteiger partial charge in [0.05, 0.1) is 5.69 Å². The molecule has 0 amide bonds. The van der Waals surface area contributed by atoms with Crippen LogP contribution in [0.25, 0.3) is 0 Å². The summed E-state index contributed by atoms with van der Waals surface area (Å²) in [4.78, 5) is 4.33. The molecule has 3 heteroatoms. The molecule has 0 spiro atoms. The first-order valence-electron chi connectivity index (χ1n) is 5.37. The minimum Gasteiger partial charge on any atom is -0.258 e. The van der Waals surface area contributed by atoms with E-state index in [4.69, 9.17) is 0 Å². The van der Waals surface area contributed by atoms with Gasteiger partial charge in [-0.2, -0.15) is 0 Å². The molecule has 0 fully saturated rings. The maximum absolute atomic E-state index is 13.1. The molecule has 0 aliphatic rings. The molecule has 0 unspecified atom stereocenters. The molecule has 0 saturated heterocycles. The summed E-state index contributed by atoms with van der Waals surface area (Å²) in [5, 5.41) is 0. The number of halogens is 2. The lowest BCUT2D eigenvalue weighted by Crippen LogP contribution is -2.06. The fourth-order valence-electron chi connectivity index (χ4n) is 1.29. The molecular formula is C13H17F2N. The monoisotopic (exact) mass is 225 g/mol. The van der Waals surface area contributed by atoms with E-state index in [1.807, 2.05) is 20.8 Å². The second-order valence-corrected chi connectivity index (χ2v) is 4.09. The van der Waals surface area contributed by atoms with E-state index in [1.54, 1.807) is 6.07 Å². The maximum Gasteiger partial charge on any atom is 0.270 e. The summed E-state index contributed by atoms with van der Waals surface area (Å²) in [6, 6.07) is 4.61. The van der Waals surface area contributed by atoms with Gasteiger partial charge in [-0.15, -0.1) is 0 Å². The number of hydrogen-bond donors (Lipinski definition) is 0. The van der Waals surface area contributed by atoms with Crippen LogP contribution in [0.2, 0.25) is 0 Å². The molecule has 1 nitrogen and oxygen atoms in total. The smallest absolute Gasteiger partial charge is 0.258 e. The molecule has 1 rings (SSSR count). The SMILES string of the molecule is CC/C(C)=N/c1cc(C(C)(F)F)ccc1C. The van der Waals surface area contributed by atoms with E-state index >= 15 is 0 Å². The molecule has 0 saturated carbocycles. The normalized spacial score (nSPS) is 13.0. The van der Waals surface area contributed by atoms with Gasteiger partial charge in [0.25, 0.3) is 5.92 Å². The number of hydrogen-bond acceptors (Lipinski definition) is 1. The Bertz CT molecular complexity index is 403. The van der Waals surface area contributed by atoms with Gasteiger partial charge >= 0.3 is 0 Å².